The Kier molecular flexibility index (Phi) is 5.97. The van der Waals surface area contributed by atoms with E-state index in [2.05, 4.69) is 34.9 Å². The van der Waals surface area contributed by atoms with Crippen LogP contribution in [0.5, 0.6) is 0 Å². The molecule has 1 fully saturated rings. The molecule has 3 N–H and O–H groups in total. The van der Waals surface area contributed by atoms with Gasteiger partial charge in [0.25, 0.3) is 0 Å². The molecular formula is C15H25N5O3. The van der Waals surface area contributed by atoms with E-state index < -0.39 is 0 Å². The molecule has 1 aromatic heterocycles. The van der Waals surface area contributed by atoms with Gasteiger partial charge in [0.05, 0.1) is 11.7 Å². The van der Waals surface area contributed by atoms with Gasteiger partial charge in [0.1, 0.15) is 6.10 Å². The standard InChI is InChI=1S/C15H25N5O3/c1-10(2)20-12(4-8-18-20)14-11(6-9-23-14)19-13(21)5-7-17-15(22)16-3/h4,8,10-11,14H,5-7,9H2,1-3H3,(H,19,21)(H2,16,17,22)/t11-,14-/m0/s1. The van der Waals surface area contributed by atoms with Crippen LogP contribution in [0.4, 0.5) is 4.79 Å². The minimum Gasteiger partial charge on any atom is -0.370 e. The average Bonchev–Trinajstić information content (AvgIpc) is 3.15. The van der Waals surface area contributed by atoms with Crippen molar-refractivity contribution in [1.29, 1.82) is 0 Å². The fourth-order valence-corrected chi connectivity index (χ4v) is 2.67. The highest BCUT2D eigenvalue weighted by Gasteiger charge is 2.33. The summed E-state index contributed by atoms with van der Waals surface area (Å²) >= 11 is 0. The zero-order valence-corrected chi connectivity index (χ0v) is 13.8. The lowest BCUT2D eigenvalue weighted by atomic mass is 10.1. The molecule has 2 heterocycles. The second-order valence-electron chi connectivity index (χ2n) is 5.80. The Morgan fingerprint density at radius 3 is 2.96 bits per heavy atom. The van der Waals surface area contributed by atoms with Gasteiger partial charge in [0.15, 0.2) is 0 Å². The van der Waals surface area contributed by atoms with Crippen LogP contribution in [-0.2, 0) is 9.53 Å². The van der Waals surface area contributed by atoms with Gasteiger partial charge in [0, 0.05) is 38.9 Å². The highest BCUT2D eigenvalue weighted by atomic mass is 16.5. The van der Waals surface area contributed by atoms with Gasteiger partial charge in [-0.25, -0.2) is 4.79 Å². The van der Waals surface area contributed by atoms with Gasteiger partial charge in [0.2, 0.25) is 5.91 Å². The average molecular weight is 323 g/mol. The van der Waals surface area contributed by atoms with Crippen LogP contribution >= 0.6 is 0 Å². The fraction of sp³-hybridized carbons (Fsp3) is 0.667. The maximum absolute atomic E-state index is 12.0. The normalized spacial score (nSPS) is 20.5. The van der Waals surface area contributed by atoms with Gasteiger partial charge < -0.3 is 20.7 Å². The van der Waals surface area contributed by atoms with Crippen molar-refractivity contribution < 1.29 is 14.3 Å². The molecule has 0 saturated carbocycles. The third kappa shape index (κ3) is 4.44. The Morgan fingerprint density at radius 1 is 1.48 bits per heavy atom. The molecule has 8 nitrogen and oxygen atoms in total. The molecule has 1 aliphatic heterocycles. The SMILES string of the molecule is CNC(=O)NCCC(=O)N[C@H]1CCO[C@@H]1c1ccnn1C(C)C. The van der Waals surface area contributed by atoms with Crippen LogP contribution in [0.3, 0.4) is 0 Å². The summed E-state index contributed by atoms with van der Waals surface area (Å²) in [5, 5.41) is 12.4. The molecule has 0 aliphatic carbocycles. The number of hydrogen-bond acceptors (Lipinski definition) is 4. The molecule has 1 saturated heterocycles. The number of carbonyl (C=O) groups excluding carboxylic acids is 2. The second-order valence-corrected chi connectivity index (χ2v) is 5.80. The Bertz CT molecular complexity index is 543. The van der Waals surface area contributed by atoms with Gasteiger partial charge in [-0.3, -0.25) is 9.48 Å². The molecule has 128 valence electrons. The quantitative estimate of drug-likeness (QED) is 0.719. The van der Waals surface area contributed by atoms with Crippen LogP contribution in [0.15, 0.2) is 12.3 Å². The van der Waals surface area contributed by atoms with E-state index in [-0.39, 0.29) is 36.5 Å². The lowest BCUT2D eigenvalue weighted by Gasteiger charge is -2.22. The van der Waals surface area contributed by atoms with Crippen molar-refractivity contribution in [3.63, 3.8) is 0 Å². The number of aromatic nitrogens is 2. The zero-order chi connectivity index (χ0) is 16.8. The first kappa shape index (κ1) is 17.3. The number of amides is 3. The van der Waals surface area contributed by atoms with Crippen molar-refractivity contribution in [2.75, 3.05) is 20.2 Å². The minimum absolute atomic E-state index is 0.0725. The van der Waals surface area contributed by atoms with E-state index in [9.17, 15) is 9.59 Å². The number of urea groups is 1. The van der Waals surface area contributed by atoms with Gasteiger partial charge in [-0.05, 0) is 26.3 Å². The first-order valence-electron chi connectivity index (χ1n) is 7.93. The molecule has 0 radical (unpaired) electrons. The van der Waals surface area contributed by atoms with Gasteiger partial charge in [-0.15, -0.1) is 0 Å². The molecule has 23 heavy (non-hydrogen) atoms. The summed E-state index contributed by atoms with van der Waals surface area (Å²) in [5.41, 5.74) is 0.978. The summed E-state index contributed by atoms with van der Waals surface area (Å²) in [4.78, 5) is 23.1. The van der Waals surface area contributed by atoms with Crippen molar-refractivity contribution in [1.82, 2.24) is 25.7 Å². The van der Waals surface area contributed by atoms with Crippen molar-refractivity contribution in [2.45, 2.75) is 44.9 Å². The zero-order valence-electron chi connectivity index (χ0n) is 13.8. The number of nitrogens with zero attached hydrogens (tertiary/aromatic N) is 2. The fourth-order valence-electron chi connectivity index (χ4n) is 2.67. The predicted octanol–water partition coefficient (Wildman–Crippen LogP) is 0.729. The molecule has 3 amide bonds. The molecule has 0 bridgehead atoms. The van der Waals surface area contributed by atoms with E-state index in [1.54, 1.807) is 6.20 Å². The van der Waals surface area contributed by atoms with Crippen molar-refractivity contribution >= 4 is 11.9 Å². The van der Waals surface area contributed by atoms with Gasteiger partial charge >= 0.3 is 6.03 Å². The third-order valence-electron chi connectivity index (χ3n) is 3.78. The largest absolute Gasteiger partial charge is 0.370 e. The number of ether oxygens (including phenoxy) is 1. The summed E-state index contributed by atoms with van der Waals surface area (Å²) in [6.45, 7) is 5.02. The topological polar surface area (TPSA) is 97.3 Å². The Hall–Kier alpha value is -2.09. The van der Waals surface area contributed by atoms with Crippen LogP contribution < -0.4 is 16.0 Å². The van der Waals surface area contributed by atoms with Crippen LogP contribution in [0.1, 0.15) is 44.5 Å². The molecule has 0 spiro atoms. The lowest BCUT2D eigenvalue weighted by Crippen LogP contribution is -2.40. The molecule has 1 aromatic rings. The van der Waals surface area contributed by atoms with E-state index in [1.807, 2.05) is 10.7 Å². The van der Waals surface area contributed by atoms with Crippen LogP contribution in [-0.4, -0.2) is 48.0 Å². The highest BCUT2D eigenvalue weighted by molar-refractivity contribution is 5.78. The summed E-state index contributed by atoms with van der Waals surface area (Å²) in [5.74, 6) is -0.0995. The van der Waals surface area contributed by atoms with Crippen LogP contribution in [0.2, 0.25) is 0 Å². The van der Waals surface area contributed by atoms with E-state index in [0.29, 0.717) is 13.2 Å². The molecule has 8 heteroatoms. The van der Waals surface area contributed by atoms with Crippen molar-refractivity contribution in [3.8, 4) is 0 Å². The Morgan fingerprint density at radius 2 is 2.26 bits per heavy atom. The smallest absolute Gasteiger partial charge is 0.314 e. The molecule has 0 unspecified atom stereocenters. The van der Waals surface area contributed by atoms with Gasteiger partial charge in [-0.1, -0.05) is 0 Å². The van der Waals surface area contributed by atoms with Crippen molar-refractivity contribution in [3.05, 3.63) is 18.0 Å². The summed E-state index contributed by atoms with van der Waals surface area (Å²) < 4.78 is 7.73. The molecular weight excluding hydrogens is 298 g/mol. The van der Waals surface area contributed by atoms with Crippen molar-refractivity contribution in [2.24, 2.45) is 0 Å². The third-order valence-corrected chi connectivity index (χ3v) is 3.78. The second kappa shape index (κ2) is 7.96. The monoisotopic (exact) mass is 323 g/mol. The van der Waals surface area contributed by atoms with Crippen LogP contribution in [0.25, 0.3) is 0 Å². The molecule has 0 aromatic carbocycles. The summed E-state index contributed by atoms with van der Waals surface area (Å²) in [6, 6.07) is 1.80. The number of nitrogens with one attached hydrogen (secondary N) is 3. The summed E-state index contributed by atoms with van der Waals surface area (Å²) in [6.07, 6.45) is 2.57. The van der Waals surface area contributed by atoms with E-state index in [0.717, 1.165) is 12.1 Å². The summed E-state index contributed by atoms with van der Waals surface area (Å²) in [7, 11) is 1.54. The Balaban J connectivity index is 1.90. The van der Waals surface area contributed by atoms with E-state index in [4.69, 9.17) is 4.74 Å². The number of rotatable bonds is 6. The number of carbonyl (C=O) groups is 2. The minimum atomic E-state index is -0.291. The first-order valence-corrected chi connectivity index (χ1v) is 7.93. The number of hydrogen-bond donors (Lipinski definition) is 3. The maximum Gasteiger partial charge on any atom is 0.314 e. The Labute approximate surface area is 135 Å². The molecule has 2 atom stereocenters. The first-order chi connectivity index (χ1) is 11.0. The predicted molar refractivity (Wildman–Crippen MR) is 84.9 cm³/mol. The van der Waals surface area contributed by atoms with E-state index >= 15 is 0 Å². The maximum atomic E-state index is 12.0. The van der Waals surface area contributed by atoms with Crippen LogP contribution in [0, 0.1) is 0 Å². The van der Waals surface area contributed by atoms with E-state index in [1.165, 1.54) is 7.05 Å². The highest BCUT2D eigenvalue weighted by Crippen LogP contribution is 2.30. The molecule has 2 rings (SSSR count). The lowest BCUT2D eigenvalue weighted by molar-refractivity contribution is -0.122. The van der Waals surface area contributed by atoms with Gasteiger partial charge in [-0.2, -0.15) is 5.10 Å². The molecule has 1 aliphatic rings.